The van der Waals surface area contributed by atoms with Gasteiger partial charge in [-0.15, -0.1) is 11.3 Å². The Morgan fingerprint density at radius 1 is 1.33 bits per heavy atom. The van der Waals surface area contributed by atoms with Crippen LogP contribution in [0.2, 0.25) is 0 Å². The number of aromatic nitrogens is 1. The van der Waals surface area contributed by atoms with E-state index in [-0.39, 0.29) is 11.9 Å². The van der Waals surface area contributed by atoms with Crippen LogP contribution in [0.1, 0.15) is 28.8 Å². The number of hydrogen-bond acceptors (Lipinski definition) is 4. The first-order valence-corrected chi connectivity index (χ1v) is 9.33. The molecular formula is C18H23F3N4OS. The molecule has 2 rings (SSSR count). The molecule has 148 valence electrons. The fourth-order valence-corrected chi connectivity index (χ4v) is 3.03. The number of guanidine groups is 1. The first-order valence-electron chi connectivity index (χ1n) is 8.51. The van der Waals surface area contributed by atoms with Crippen LogP contribution in [-0.2, 0) is 12.7 Å². The maximum atomic E-state index is 12.8. The number of nitrogens with one attached hydrogen (secondary N) is 2. The maximum Gasteiger partial charge on any atom is 0.416 e. The smallest absolute Gasteiger partial charge is 0.416 e. The van der Waals surface area contributed by atoms with Crippen LogP contribution >= 0.6 is 11.3 Å². The summed E-state index contributed by atoms with van der Waals surface area (Å²) in [5, 5.41) is 7.31. The molecule has 0 spiro atoms. The SMILES string of the molecule is CCC(CNC(=NC)NCc1cnc(C)s1)Oc1cccc(C(F)(F)F)c1. The van der Waals surface area contributed by atoms with E-state index < -0.39 is 11.7 Å². The summed E-state index contributed by atoms with van der Waals surface area (Å²) < 4.78 is 44.2. The predicted octanol–water partition coefficient (Wildman–Crippen LogP) is 3.99. The molecule has 5 nitrogen and oxygen atoms in total. The fraction of sp³-hybridized carbons (Fsp3) is 0.444. The van der Waals surface area contributed by atoms with E-state index >= 15 is 0 Å². The number of thiazole rings is 1. The largest absolute Gasteiger partial charge is 0.489 e. The van der Waals surface area contributed by atoms with Gasteiger partial charge in [0.05, 0.1) is 23.7 Å². The molecule has 1 aromatic carbocycles. The number of halogens is 3. The number of rotatable bonds is 7. The number of benzene rings is 1. The zero-order valence-corrected chi connectivity index (χ0v) is 16.2. The summed E-state index contributed by atoms with van der Waals surface area (Å²) in [6.45, 7) is 4.86. The Labute approximate surface area is 160 Å². The summed E-state index contributed by atoms with van der Waals surface area (Å²) in [4.78, 5) is 9.43. The van der Waals surface area contributed by atoms with Gasteiger partial charge in [-0.25, -0.2) is 4.98 Å². The lowest BCUT2D eigenvalue weighted by Gasteiger charge is -2.20. The van der Waals surface area contributed by atoms with E-state index in [4.69, 9.17) is 4.74 Å². The van der Waals surface area contributed by atoms with Crippen molar-refractivity contribution >= 4 is 17.3 Å². The van der Waals surface area contributed by atoms with Crippen LogP contribution in [0.15, 0.2) is 35.5 Å². The summed E-state index contributed by atoms with van der Waals surface area (Å²) in [5.41, 5.74) is -0.722. The van der Waals surface area contributed by atoms with Gasteiger partial charge in [0.1, 0.15) is 11.9 Å². The highest BCUT2D eigenvalue weighted by molar-refractivity contribution is 7.11. The summed E-state index contributed by atoms with van der Waals surface area (Å²) >= 11 is 1.60. The Balaban J connectivity index is 1.88. The number of nitrogens with zero attached hydrogens (tertiary/aromatic N) is 2. The molecule has 27 heavy (non-hydrogen) atoms. The number of alkyl halides is 3. The Bertz CT molecular complexity index is 761. The second kappa shape index (κ2) is 9.59. The summed E-state index contributed by atoms with van der Waals surface area (Å²) in [5.74, 6) is 0.786. The molecule has 9 heteroatoms. The molecule has 0 amide bonds. The zero-order chi connectivity index (χ0) is 19.9. The predicted molar refractivity (Wildman–Crippen MR) is 101 cm³/mol. The fourth-order valence-electron chi connectivity index (χ4n) is 2.30. The molecule has 0 fully saturated rings. The van der Waals surface area contributed by atoms with Crippen molar-refractivity contribution in [3.63, 3.8) is 0 Å². The second-order valence-corrected chi connectivity index (χ2v) is 7.15. The monoisotopic (exact) mass is 400 g/mol. The van der Waals surface area contributed by atoms with Gasteiger partial charge in [-0.2, -0.15) is 13.2 Å². The highest BCUT2D eigenvalue weighted by Gasteiger charge is 2.30. The lowest BCUT2D eigenvalue weighted by atomic mass is 10.2. The van der Waals surface area contributed by atoms with Crippen LogP contribution in [0.4, 0.5) is 13.2 Å². The first kappa shape index (κ1) is 21.0. The van der Waals surface area contributed by atoms with E-state index in [0.717, 1.165) is 22.0 Å². The lowest BCUT2D eigenvalue weighted by Crippen LogP contribution is -2.42. The number of aliphatic imine (C=N–C) groups is 1. The van der Waals surface area contributed by atoms with Crippen LogP contribution in [0.5, 0.6) is 5.75 Å². The molecule has 0 saturated heterocycles. The Morgan fingerprint density at radius 2 is 2.11 bits per heavy atom. The minimum atomic E-state index is -4.39. The van der Waals surface area contributed by atoms with E-state index in [1.807, 2.05) is 20.0 Å². The molecule has 1 aromatic heterocycles. The molecule has 0 aliphatic rings. The molecule has 2 aromatic rings. The molecule has 0 aliphatic heterocycles. The minimum Gasteiger partial charge on any atom is -0.489 e. The highest BCUT2D eigenvalue weighted by atomic mass is 32.1. The van der Waals surface area contributed by atoms with E-state index in [9.17, 15) is 13.2 Å². The van der Waals surface area contributed by atoms with Gasteiger partial charge in [-0.1, -0.05) is 13.0 Å². The molecule has 1 heterocycles. The minimum absolute atomic E-state index is 0.196. The van der Waals surface area contributed by atoms with Crippen LogP contribution in [-0.4, -0.2) is 30.6 Å². The van der Waals surface area contributed by atoms with Gasteiger partial charge in [0.2, 0.25) is 0 Å². The molecule has 0 saturated carbocycles. The quantitative estimate of drug-likeness (QED) is 0.545. The van der Waals surface area contributed by atoms with Crippen molar-refractivity contribution in [1.29, 1.82) is 0 Å². The summed E-state index contributed by atoms with van der Waals surface area (Å²) in [6, 6.07) is 4.91. The van der Waals surface area contributed by atoms with Gasteiger partial charge in [0, 0.05) is 18.1 Å². The lowest BCUT2D eigenvalue weighted by molar-refractivity contribution is -0.137. The Morgan fingerprint density at radius 3 is 2.70 bits per heavy atom. The van der Waals surface area contributed by atoms with Crippen LogP contribution in [0.3, 0.4) is 0 Å². The Kier molecular flexibility index (Phi) is 7.46. The van der Waals surface area contributed by atoms with Crippen molar-refractivity contribution in [3.05, 3.63) is 45.9 Å². The number of aryl methyl sites for hydroxylation is 1. The standard InChI is InChI=1S/C18H23F3N4OS/c1-4-14(26-15-7-5-6-13(8-15)18(19,20)21)9-24-17(22-3)25-11-16-10-23-12(2)27-16/h5-8,10,14H,4,9,11H2,1-3H3,(H2,22,24,25). The first-order chi connectivity index (χ1) is 12.8. The molecule has 0 radical (unpaired) electrons. The van der Waals surface area contributed by atoms with E-state index in [1.54, 1.807) is 18.4 Å². The average Bonchev–Trinajstić information content (AvgIpc) is 3.05. The maximum absolute atomic E-state index is 12.8. The van der Waals surface area contributed by atoms with Gasteiger partial charge in [-0.05, 0) is 31.5 Å². The molecule has 0 bridgehead atoms. The van der Waals surface area contributed by atoms with Crippen molar-refractivity contribution in [3.8, 4) is 5.75 Å². The third-order valence-electron chi connectivity index (χ3n) is 3.74. The van der Waals surface area contributed by atoms with Crippen molar-refractivity contribution < 1.29 is 17.9 Å². The zero-order valence-electron chi connectivity index (χ0n) is 15.4. The van der Waals surface area contributed by atoms with Crippen LogP contribution in [0, 0.1) is 6.92 Å². The van der Waals surface area contributed by atoms with E-state index in [0.29, 0.717) is 25.5 Å². The average molecular weight is 400 g/mol. The van der Waals surface area contributed by atoms with Crippen LogP contribution in [0.25, 0.3) is 0 Å². The van der Waals surface area contributed by atoms with Gasteiger partial charge >= 0.3 is 6.18 Å². The van der Waals surface area contributed by atoms with Gasteiger partial charge in [0.15, 0.2) is 5.96 Å². The van der Waals surface area contributed by atoms with Crippen molar-refractivity contribution in [2.75, 3.05) is 13.6 Å². The van der Waals surface area contributed by atoms with Crippen LogP contribution < -0.4 is 15.4 Å². The number of ether oxygens (including phenoxy) is 1. The van der Waals surface area contributed by atoms with Crippen molar-refractivity contribution in [1.82, 2.24) is 15.6 Å². The molecule has 2 N–H and O–H groups in total. The van der Waals surface area contributed by atoms with Gasteiger partial charge < -0.3 is 15.4 Å². The third-order valence-corrected chi connectivity index (χ3v) is 4.65. The highest BCUT2D eigenvalue weighted by Crippen LogP contribution is 2.31. The normalized spacial score (nSPS) is 13.3. The summed E-state index contributed by atoms with van der Waals surface area (Å²) in [7, 11) is 1.65. The molecule has 1 atom stereocenters. The van der Waals surface area contributed by atoms with Crippen molar-refractivity contribution in [2.24, 2.45) is 4.99 Å². The molecular weight excluding hydrogens is 377 g/mol. The Hall–Kier alpha value is -2.29. The topological polar surface area (TPSA) is 58.5 Å². The van der Waals surface area contributed by atoms with E-state index in [1.165, 1.54) is 12.1 Å². The second-order valence-electron chi connectivity index (χ2n) is 5.83. The van der Waals surface area contributed by atoms with Gasteiger partial charge in [-0.3, -0.25) is 4.99 Å². The van der Waals surface area contributed by atoms with Gasteiger partial charge in [0.25, 0.3) is 0 Å². The van der Waals surface area contributed by atoms with E-state index in [2.05, 4.69) is 20.6 Å². The molecule has 1 unspecified atom stereocenters. The summed E-state index contributed by atoms with van der Waals surface area (Å²) in [6.07, 6.45) is -2.24. The molecule has 0 aliphatic carbocycles. The number of hydrogen-bond donors (Lipinski definition) is 2. The third kappa shape index (κ3) is 6.74. The van der Waals surface area contributed by atoms with Crippen molar-refractivity contribution in [2.45, 2.75) is 39.1 Å².